The van der Waals surface area contributed by atoms with E-state index < -0.39 is 0 Å². The molecule has 1 N–H and O–H groups in total. The number of nitrogens with zero attached hydrogens (tertiary/aromatic N) is 1. The van der Waals surface area contributed by atoms with Crippen molar-refractivity contribution in [1.29, 1.82) is 0 Å². The normalized spacial score (nSPS) is 22.4. The Morgan fingerprint density at radius 2 is 2.36 bits per heavy atom. The van der Waals surface area contributed by atoms with E-state index in [1.165, 1.54) is 0 Å². The molecular weight excluding hydrogens is 196 g/mol. The first-order valence-corrected chi connectivity index (χ1v) is 6.56. The van der Waals surface area contributed by atoms with Crippen LogP contribution in [0.25, 0.3) is 0 Å². The predicted molar refractivity (Wildman–Crippen MR) is 61.3 cm³/mol. The fourth-order valence-corrected chi connectivity index (χ4v) is 2.10. The number of hydrogen-bond donors (Lipinski definition) is 1. The Balaban J connectivity index is 2.44. The molecule has 1 heterocycles. The van der Waals surface area contributed by atoms with E-state index in [0.29, 0.717) is 12.5 Å². The molecule has 0 bridgehead atoms. The minimum absolute atomic E-state index is 0.254. The Hall–Kier alpha value is -0.220. The van der Waals surface area contributed by atoms with Crippen molar-refractivity contribution in [2.75, 3.05) is 25.1 Å². The summed E-state index contributed by atoms with van der Waals surface area (Å²) in [6.07, 6.45) is 3.40. The number of nitrogens with one attached hydrogen (secondary N) is 1. The van der Waals surface area contributed by atoms with Crippen molar-refractivity contribution in [3.63, 3.8) is 0 Å². The molecule has 1 aliphatic heterocycles. The van der Waals surface area contributed by atoms with Crippen LogP contribution in [-0.4, -0.2) is 42.1 Å². The Labute approximate surface area is 90.6 Å². The van der Waals surface area contributed by atoms with Crippen LogP contribution < -0.4 is 5.32 Å². The third-order valence-corrected chi connectivity index (χ3v) is 3.01. The van der Waals surface area contributed by atoms with E-state index in [-0.39, 0.29) is 12.1 Å². The number of carbonyl (C=O) groups excluding carboxylic acids is 1. The highest BCUT2D eigenvalue weighted by molar-refractivity contribution is 7.98. The molecule has 82 valence electrons. The van der Waals surface area contributed by atoms with Crippen molar-refractivity contribution in [3.8, 4) is 0 Å². The molecule has 1 saturated heterocycles. The van der Waals surface area contributed by atoms with Crippen molar-refractivity contribution in [2.45, 2.75) is 26.4 Å². The third kappa shape index (κ3) is 3.17. The van der Waals surface area contributed by atoms with Gasteiger partial charge in [0, 0.05) is 12.3 Å². The van der Waals surface area contributed by atoms with Gasteiger partial charge in [0.25, 0.3) is 0 Å². The van der Waals surface area contributed by atoms with Crippen LogP contribution in [0.3, 0.4) is 0 Å². The Bertz CT molecular complexity index is 197. The summed E-state index contributed by atoms with van der Waals surface area (Å²) >= 11 is 1.79. The first kappa shape index (κ1) is 11.9. The van der Waals surface area contributed by atoms with E-state index in [4.69, 9.17) is 0 Å². The van der Waals surface area contributed by atoms with Gasteiger partial charge < -0.3 is 4.90 Å². The summed E-state index contributed by atoms with van der Waals surface area (Å²) in [7, 11) is 0. The largest absolute Gasteiger partial charge is 0.325 e. The van der Waals surface area contributed by atoms with Gasteiger partial charge in [0.15, 0.2) is 0 Å². The molecular formula is C10H20N2OS. The first-order valence-electron chi connectivity index (χ1n) is 5.17. The summed E-state index contributed by atoms with van der Waals surface area (Å²) in [5.74, 6) is 1.92. The Morgan fingerprint density at radius 3 is 2.93 bits per heavy atom. The van der Waals surface area contributed by atoms with Gasteiger partial charge in [0.2, 0.25) is 5.91 Å². The van der Waals surface area contributed by atoms with E-state index in [1.54, 1.807) is 11.8 Å². The van der Waals surface area contributed by atoms with Crippen LogP contribution in [0.4, 0.5) is 0 Å². The van der Waals surface area contributed by atoms with Gasteiger partial charge in [0.05, 0.1) is 12.7 Å². The van der Waals surface area contributed by atoms with Gasteiger partial charge in [0.1, 0.15) is 0 Å². The van der Waals surface area contributed by atoms with Crippen LogP contribution in [0.15, 0.2) is 0 Å². The van der Waals surface area contributed by atoms with E-state index in [2.05, 4.69) is 25.4 Å². The summed E-state index contributed by atoms with van der Waals surface area (Å²) in [4.78, 5) is 13.5. The second-order valence-corrected chi connectivity index (χ2v) is 5.09. The van der Waals surface area contributed by atoms with E-state index in [0.717, 1.165) is 18.7 Å². The SMILES string of the molecule is CSCCN1C(=O)CNC1CC(C)C. The van der Waals surface area contributed by atoms with Gasteiger partial charge in [-0.1, -0.05) is 13.8 Å². The highest BCUT2D eigenvalue weighted by Gasteiger charge is 2.29. The summed E-state index contributed by atoms with van der Waals surface area (Å²) in [5.41, 5.74) is 0. The highest BCUT2D eigenvalue weighted by Crippen LogP contribution is 2.14. The molecule has 3 nitrogen and oxygen atoms in total. The number of rotatable bonds is 5. The molecule has 1 amide bonds. The zero-order valence-corrected chi connectivity index (χ0v) is 10.1. The van der Waals surface area contributed by atoms with E-state index in [1.807, 2.05) is 4.90 Å². The number of carbonyl (C=O) groups is 1. The topological polar surface area (TPSA) is 32.3 Å². The lowest BCUT2D eigenvalue weighted by Gasteiger charge is -2.25. The molecule has 1 unspecified atom stereocenters. The molecule has 1 aliphatic rings. The summed E-state index contributed by atoms with van der Waals surface area (Å²) < 4.78 is 0. The standard InChI is InChI=1S/C10H20N2OS/c1-8(2)6-9-11-7-10(13)12(9)4-5-14-3/h8-9,11H,4-7H2,1-3H3. The minimum atomic E-state index is 0.254. The second kappa shape index (κ2) is 5.61. The maximum Gasteiger partial charge on any atom is 0.237 e. The lowest BCUT2D eigenvalue weighted by Crippen LogP contribution is -2.39. The fraction of sp³-hybridized carbons (Fsp3) is 0.900. The zero-order valence-electron chi connectivity index (χ0n) is 9.25. The minimum Gasteiger partial charge on any atom is -0.325 e. The molecule has 14 heavy (non-hydrogen) atoms. The van der Waals surface area contributed by atoms with Gasteiger partial charge in [-0.15, -0.1) is 0 Å². The maximum absolute atomic E-state index is 11.5. The van der Waals surface area contributed by atoms with Crippen LogP contribution in [-0.2, 0) is 4.79 Å². The van der Waals surface area contributed by atoms with Crippen LogP contribution >= 0.6 is 11.8 Å². The summed E-state index contributed by atoms with van der Waals surface area (Å²) in [5, 5.41) is 3.26. The van der Waals surface area contributed by atoms with Crippen LogP contribution in [0.1, 0.15) is 20.3 Å². The van der Waals surface area contributed by atoms with Gasteiger partial charge >= 0.3 is 0 Å². The Morgan fingerprint density at radius 1 is 1.64 bits per heavy atom. The lowest BCUT2D eigenvalue weighted by atomic mass is 10.1. The van der Waals surface area contributed by atoms with Crippen molar-refractivity contribution in [2.24, 2.45) is 5.92 Å². The van der Waals surface area contributed by atoms with Gasteiger partial charge in [-0.05, 0) is 18.6 Å². The first-order chi connectivity index (χ1) is 6.65. The Kier molecular flexibility index (Phi) is 4.75. The van der Waals surface area contributed by atoms with E-state index >= 15 is 0 Å². The molecule has 1 rings (SSSR count). The van der Waals surface area contributed by atoms with Crippen LogP contribution in [0.2, 0.25) is 0 Å². The molecule has 1 atom stereocenters. The molecule has 0 aromatic heterocycles. The summed E-state index contributed by atoms with van der Waals surface area (Å²) in [6.45, 7) is 5.78. The van der Waals surface area contributed by atoms with Crippen molar-refractivity contribution in [3.05, 3.63) is 0 Å². The van der Waals surface area contributed by atoms with Crippen molar-refractivity contribution in [1.82, 2.24) is 10.2 Å². The molecule has 0 radical (unpaired) electrons. The number of hydrogen-bond acceptors (Lipinski definition) is 3. The molecule has 4 heteroatoms. The predicted octanol–water partition coefficient (Wildman–Crippen LogP) is 1.15. The quantitative estimate of drug-likeness (QED) is 0.748. The number of thioether (sulfide) groups is 1. The lowest BCUT2D eigenvalue weighted by molar-refractivity contribution is -0.127. The molecule has 0 spiro atoms. The smallest absolute Gasteiger partial charge is 0.237 e. The van der Waals surface area contributed by atoms with Crippen molar-refractivity contribution >= 4 is 17.7 Å². The van der Waals surface area contributed by atoms with E-state index in [9.17, 15) is 4.79 Å². The van der Waals surface area contributed by atoms with Gasteiger partial charge in [-0.2, -0.15) is 11.8 Å². The van der Waals surface area contributed by atoms with Crippen molar-refractivity contribution < 1.29 is 4.79 Å². The second-order valence-electron chi connectivity index (χ2n) is 4.11. The molecule has 0 aliphatic carbocycles. The molecule has 0 aromatic carbocycles. The van der Waals surface area contributed by atoms with Crippen LogP contribution in [0, 0.1) is 5.92 Å². The molecule has 0 saturated carbocycles. The monoisotopic (exact) mass is 216 g/mol. The number of amides is 1. The highest BCUT2D eigenvalue weighted by atomic mass is 32.2. The third-order valence-electron chi connectivity index (χ3n) is 2.42. The molecule has 1 fully saturated rings. The maximum atomic E-state index is 11.5. The van der Waals surface area contributed by atoms with Gasteiger partial charge in [-0.3, -0.25) is 10.1 Å². The fourth-order valence-electron chi connectivity index (χ4n) is 1.72. The average molecular weight is 216 g/mol. The average Bonchev–Trinajstić information content (AvgIpc) is 2.44. The summed E-state index contributed by atoms with van der Waals surface area (Å²) in [6, 6.07) is 0. The van der Waals surface area contributed by atoms with Gasteiger partial charge in [-0.25, -0.2) is 0 Å². The zero-order chi connectivity index (χ0) is 10.6. The van der Waals surface area contributed by atoms with Crippen LogP contribution in [0.5, 0.6) is 0 Å². The molecule has 0 aromatic rings.